The van der Waals surface area contributed by atoms with Crippen LogP contribution in [0.2, 0.25) is 0 Å². The number of hydrogen-bond acceptors (Lipinski definition) is 4. The Bertz CT molecular complexity index is 563. The van der Waals surface area contributed by atoms with Gasteiger partial charge in [0.1, 0.15) is 17.8 Å². The van der Waals surface area contributed by atoms with E-state index in [0.29, 0.717) is 11.7 Å². The van der Waals surface area contributed by atoms with E-state index in [1.165, 1.54) is 11.9 Å². The molecule has 0 spiro atoms. The highest BCUT2D eigenvalue weighted by Crippen LogP contribution is 2.39. The first-order chi connectivity index (χ1) is 8.70. The molecular formula is C12H17BrN4O. The summed E-state index contributed by atoms with van der Waals surface area (Å²) in [6.45, 7) is 5.48. The van der Waals surface area contributed by atoms with Gasteiger partial charge in [-0.15, -0.1) is 0 Å². The first-order valence-electron chi connectivity index (χ1n) is 6.02. The fourth-order valence-electron chi connectivity index (χ4n) is 2.05. The van der Waals surface area contributed by atoms with Gasteiger partial charge in [-0.25, -0.2) is 9.97 Å². The van der Waals surface area contributed by atoms with Gasteiger partial charge in [-0.1, -0.05) is 13.8 Å². The Labute approximate surface area is 114 Å². The second kappa shape index (κ2) is 5.24. The van der Waals surface area contributed by atoms with Gasteiger partial charge < -0.3 is 15.0 Å². The zero-order valence-corrected chi connectivity index (χ0v) is 12.4. The SMILES string of the molecule is CC.Cn1c(Br)c(C2COC2)c2c(N)ncnc21. The van der Waals surface area contributed by atoms with Crippen LogP contribution in [0.1, 0.15) is 25.3 Å². The van der Waals surface area contributed by atoms with Crippen LogP contribution < -0.4 is 5.73 Å². The largest absolute Gasteiger partial charge is 0.383 e. The monoisotopic (exact) mass is 312 g/mol. The lowest BCUT2D eigenvalue weighted by Gasteiger charge is -2.26. The van der Waals surface area contributed by atoms with Crippen LogP contribution in [-0.4, -0.2) is 27.7 Å². The van der Waals surface area contributed by atoms with Crippen LogP contribution in [0.25, 0.3) is 11.0 Å². The van der Waals surface area contributed by atoms with Crippen molar-refractivity contribution in [1.29, 1.82) is 0 Å². The first-order valence-corrected chi connectivity index (χ1v) is 6.81. The minimum Gasteiger partial charge on any atom is -0.383 e. The molecule has 3 heterocycles. The molecule has 0 saturated carbocycles. The molecule has 6 heteroatoms. The molecule has 0 amide bonds. The summed E-state index contributed by atoms with van der Waals surface area (Å²) in [4.78, 5) is 8.32. The summed E-state index contributed by atoms with van der Waals surface area (Å²) in [7, 11) is 1.96. The number of rotatable bonds is 1. The average Bonchev–Trinajstić information content (AvgIpc) is 2.57. The Morgan fingerprint density at radius 3 is 2.61 bits per heavy atom. The van der Waals surface area contributed by atoms with Crippen LogP contribution in [0.4, 0.5) is 5.82 Å². The molecule has 1 fully saturated rings. The van der Waals surface area contributed by atoms with Gasteiger partial charge in [0.05, 0.1) is 23.2 Å². The molecule has 1 aliphatic heterocycles. The number of aromatic nitrogens is 3. The van der Waals surface area contributed by atoms with E-state index in [-0.39, 0.29) is 0 Å². The molecule has 0 aromatic carbocycles. The van der Waals surface area contributed by atoms with Gasteiger partial charge in [0.2, 0.25) is 0 Å². The first kappa shape index (κ1) is 13.3. The quantitative estimate of drug-likeness (QED) is 0.878. The Balaban J connectivity index is 0.000000574. The molecule has 0 bridgehead atoms. The summed E-state index contributed by atoms with van der Waals surface area (Å²) < 4.78 is 8.23. The van der Waals surface area contributed by atoms with E-state index in [1.54, 1.807) is 0 Å². The van der Waals surface area contributed by atoms with Crippen LogP contribution in [0.3, 0.4) is 0 Å². The highest BCUT2D eigenvalue weighted by molar-refractivity contribution is 9.10. The predicted molar refractivity (Wildman–Crippen MR) is 75.5 cm³/mol. The zero-order valence-electron chi connectivity index (χ0n) is 10.8. The van der Waals surface area contributed by atoms with Crippen molar-refractivity contribution < 1.29 is 4.74 Å². The molecule has 5 nitrogen and oxygen atoms in total. The Hall–Kier alpha value is -1.14. The van der Waals surface area contributed by atoms with Crippen molar-refractivity contribution in [3.63, 3.8) is 0 Å². The minimum absolute atomic E-state index is 0.395. The maximum Gasteiger partial charge on any atom is 0.146 e. The van der Waals surface area contributed by atoms with Gasteiger partial charge in [-0.05, 0) is 15.9 Å². The third-order valence-electron chi connectivity index (χ3n) is 3.01. The number of hydrogen-bond donors (Lipinski definition) is 1. The standard InChI is InChI=1S/C10H11BrN4O.C2H6/c1-15-8(11)6(5-2-16-3-5)7-9(12)13-4-14-10(7)15;1-2/h4-5H,2-3H2,1H3,(H2,12,13,14);1-2H3. The molecule has 2 aromatic rings. The Kier molecular flexibility index (Phi) is 3.87. The van der Waals surface area contributed by atoms with Gasteiger partial charge in [0, 0.05) is 18.5 Å². The number of nitrogens with zero attached hydrogens (tertiary/aromatic N) is 3. The zero-order chi connectivity index (χ0) is 13.3. The summed E-state index contributed by atoms with van der Waals surface area (Å²) in [6.07, 6.45) is 1.49. The van der Waals surface area contributed by atoms with Crippen LogP contribution in [0.15, 0.2) is 10.9 Å². The van der Waals surface area contributed by atoms with Crippen molar-refractivity contribution in [2.24, 2.45) is 7.05 Å². The molecule has 0 aliphatic carbocycles. The number of aryl methyl sites for hydroxylation is 1. The van der Waals surface area contributed by atoms with E-state index in [2.05, 4.69) is 25.9 Å². The number of anilines is 1. The molecule has 2 aromatic heterocycles. The molecule has 0 atom stereocenters. The summed E-state index contributed by atoms with van der Waals surface area (Å²) >= 11 is 3.59. The van der Waals surface area contributed by atoms with E-state index < -0.39 is 0 Å². The third kappa shape index (κ3) is 1.89. The van der Waals surface area contributed by atoms with E-state index in [0.717, 1.165) is 28.9 Å². The number of fused-ring (bicyclic) bond motifs is 1. The molecule has 2 N–H and O–H groups in total. The molecule has 1 aliphatic rings. The minimum atomic E-state index is 0.395. The lowest BCUT2D eigenvalue weighted by molar-refractivity contribution is 0.00866. The van der Waals surface area contributed by atoms with Crippen LogP contribution in [0.5, 0.6) is 0 Å². The Morgan fingerprint density at radius 1 is 1.39 bits per heavy atom. The van der Waals surface area contributed by atoms with Gasteiger partial charge in [0.15, 0.2) is 0 Å². The molecule has 0 radical (unpaired) electrons. The number of nitrogen functional groups attached to an aromatic ring is 1. The number of halogens is 1. The van der Waals surface area contributed by atoms with Crippen molar-refractivity contribution >= 4 is 32.8 Å². The van der Waals surface area contributed by atoms with Crippen molar-refractivity contribution in [2.75, 3.05) is 18.9 Å². The van der Waals surface area contributed by atoms with Gasteiger partial charge in [-0.2, -0.15) is 0 Å². The average molecular weight is 313 g/mol. The maximum absolute atomic E-state index is 5.93. The topological polar surface area (TPSA) is 66.0 Å². The molecule has 18 heavy (non-hydrogen) atoms. The van der Waals surface area contributed by atoms with E-state index in [9.17, 15) is 0 Å². The normalized spacial score (nSPS) is 15.1. The second-order valence-corrected chi connectivity index (χ2v) is 4.71. The van der Waals surface area contributed by atoms with Gasteiger partial charge in [0.25, 0.3) is 0 Å². The molecule has 3 rings (SSSR count). The second-order valence-electron chi connectivity index (χ2n) is 3.96. The van der Waals surface area contributed by atoms with Gasteiger partial charge in [-0.3, -0.25) is 0 Å². The third-order valence-corrected chi connectivity index (χ3v) is 3.97. The molecule has 98 valence electrons. The summed E-state index contributed by atoms with van der Waals surface area (Å²) in [5, 5.41) is 0.949. The highest BCUT2D eigenvalue weighted by atomic mass is 79.9. The summed E-state index contributed by atoms with van der Waals surface area (Å²) in [6, 6.07) is 0. The number of ether oxygens (including phenoxy) is 1. The van der Waals surface area contributed by atoms with E-state index >= 15 is 0 Å². The van der Waals surface area contributed by atoms with Crippen molar-refractivity contribution in [1.82, 2.24) is 14.5 Å². The maximum atomic E-state index is 5.93. The van der Waals surface area contributed by atoms with E-state index in [1.807, 2.05) is 25.5 Å². The van der Waals surface area contributed by atoms with Crippen molar-refractivity contribution in [2.45, 2.75) is 19.8 Å². The molecule has 1 saturated heterocycles. The summed E-state index contributed by atoms with van der Waals surface area (Å²) in [5.41, 5.74) is 7.96. The van der Waals surface area contributed by atoms with Crippen LogP contribution >= 0.6 is 15.9 Å². The van der Waals surface area contributed by atoms with Crippen LogP contribution in [0, 0.1) is 0 Å². The molecule has 0 unspecified atom stereocenters. The fourth-order valence-corrected chi connectivity index (χ4v) is 2.74. The van der Waals surface area contributed by atoms with Crippen molar-refractivity contribution in [3.8, 4) is 0 Å². The highest BCUT2D eigenvalue weighted by Gasteiger charge is 2.29. The fraction of sp³-hybridized carbons (Fsp3) is 0.500. The summed E-state index contributed by atoms with van der Waals surface area (Å²) in [5.74, 6) is 0.930. The Morgan fingerprint density at radius 2 is 2.06 bits per heavy atom. The molecular weight excluding hydrogens is 296 g/mol. The number of nitrogens with two attached hydrogens (primary N) is 1. The van der Waals surface area contributed by atoms with Crippen LogP contribution in [-0.2, 0) is 11.8 Å². The van der Waals surface area contributed by atoms with E-state index in [4.69, 9.17) is 10.5 Å². The lowest BCUT2D eigenvalue weighted by Crippen LogP contribution is -2.25. The van der Waals surface area contributed by atoms with Crippen molar-refractivity contribution in [3.05, 3.63) is 16.5 Å². The smallest absolute Gasteiger partial charge is 0.146 e. The predicted octanol–water partition coefficient (Wildman–Crippen LogP) is 2.45. The lowest BCUT2D eigenvalue weighted by atomic mass is 9.98. The van der Waals surface area contributed by atoms with Gasteiger partial charge >= 0.3 is 0 Å².